The van der Waals surface area contributed by atoms with Crippen LogP contribution in [0.15, 0.2) is 88.0 Å². The van der Waals surface area contributed by atoms with Crippen molar-refractivity contribution < 1.29 is 4.48 Å². The van der Waals surface area contributed by atoms with Gasteiger partial charge in [0.1, 0.15) is 13.1 Å². The normalized spacial score (nSPS) is 18.8. The highest BCUT2D eigenvalue weighted by Gasteiger charge is 2.28. The van der Waals surface area contributed by atoms with Crippen molar-refractivity contribution in [3.05, 3.63) is 83.0 Å². The van der Waals surface area contributed by atoms with Crippen molar-refractivity contribution in [2.45, 2.75) is 0 Å². The fourth-order valence-electron chi connectivity index (χ4n) is 2.90. The number of nitrogens with zero attached hydrogens (tertiary/aromatic N) is 2. The lowest BCUT2D eigenvalue weighted by atomic mass is 10.0. The summed E-state index contributed by atoms with van der Waals surface area (Å²) in [4.78, 5) is 4.57. The van der Waals surface area contributed by atoms with Gasteiger partial charge >= 0.3 is 0 Å². The number of anilines is 1. The lowest BCUT2D eigenvalue weighted by Gasteiger charge is -2.35. The van der Waals surface area contributed by atoms with E-state index in [0.29, 0.717) is 0 Å². The van der Waals surface area contributed by atoms with E-state index in [0.717, 1.165) is 45.1 Å². The van der Waals surface area contributed by atoms with Gasteiger partial charge in [0.05, 0.1) is 24.8 Å². The zero-order chi connectivity index (χ0) is 17.7. The Bertz CT molecular complexity index is 806. The Kier molecular flexibility index (Phi) is 5.37. The summed E-state index contributed by atoms with van der Waals surface area (Å²) in [6.07, 6.45) is 3.90. The first-order valence-electron chi connectivity index (χ1n) is 8.34. The average molecular weight is 353 g/mol. The largest absolute Gasteiger partial charge is 0.361 e. The Morgan fingerprint density at radius 1 is 0.960 bits per heavy atom. The first kappa shape index (κ1) is 17.5. The molecule has 0 aromatic heterocycles. The zero-order valence-electron chi connectivity index (χ0n) is 14.6. The zero-order valence-corrected chi connectivity index (χ0v) is 15.4. The molecule has 0 bridgehead atoms. The number of benzene rings is 2. The third kappa shape index (κ3) is 4.81. The van der Waals surface area contributed by atoms with Crippen LogP contribution in [0.1, 0.15) is 0 Å². The Hall–Kier alpha value is -2.36. The second kappa shape index (κ2) is 7.68. The minimum Gasteiger partial charge on any atom is -0.361 e. The summed E-state index contributed by atoms with van der Waals surface area (Å²) in [7, 11) is 4.41. The summed E-state index contributed by atoms with van der Waals surface area (Å²) in [6, 6.07) is 20.0. The van der Waals surface area contributed by atoms with Gasteiger partial charge in [-0.15, -0.1) is 0 Å². The first-order valence-corrected chi connectivity index (χ1v) is 8.72. The van der Waals surface area contributed by atoms with Crippen LogP contribution in [0.25, 0.3) is 0 Å². The monoisotopic (exact) mass is 352 g/mol. The molecular weight excluding hydrogens is 330 g/mol. The summed E-state index contributed by atoms with van der Waals surface area (Å²) in [5.74, 6) is 0. The summed E-state index contributed by atoms with van der Waals surface area (Å²) in [5, 5.41) is 4.13. The van der Waals surface area contributed by atoms with Gasteiger partial charge in [0.25, 0.3) is 0 Å². The van der Waals surface area contributed by atoms with Crippen molar-refractivity contribution in [1.29, 1.82) is 0 Å². The number of quaternary nitrogens is 1. The van der Waals surface area contributed by atoms with Crippen LogP contribution in [0, 0.1) is 0 Å². The predicted octanol–water partition coefficient (Wildman–Crippen LogP) is 4.97. The van der Waals surface area contributed by atoms with Gasteiger partial charge in [-0.3, -0.25) is 4.99 Å². The van der Waals surface area contributed by atoms with Crippen LogP contribution in [-0.4, -0.2) is 37.9 Å². The number of para-hydroxylation sites is 2. The first-order chi connectivity index (χ1) is 12.0. The Morgan fingerprint density at radius 2 is 1.60 bits per heavy atom. The molecule has 0 aliphatic carbocycles. The van der Waals surface area contributed by atoms with E-state index in [1.807, 2.05) is 73.1 Å². The summed E-state index contributed by atoms with van der Waals surface area (Å²) in [5.41, 5.74) is 4.14. The van der Waals surface area contributed by atoms with Gasteiger partial charge in [0, 0.05) is 29.2 Å². The van der Waals surface area contributed by atoms with Crippen molar-refractivity contribution in [2.75, 3.05) is 32.5 Å². The average Bonchev–Trinajstić information content (AvgIpc) is 2.62. The molecule has 0 spiro atoms. The molecule has 1 N–H and O–H groups in total. The Morgan fingerprint density at radius 3 is 2.28 bits per heavy atom. The van der Waals surface area contributed by atoms with Gasteiger partial charge in [-0.05, 0) is 24.3 Å². The fraction of sp³-hybridized carbons (Fsp3) is 0.190. The minimum atomic E-state index is 0.792. The number of likely N-dealkylation sites (N-methyl/N-ethyl adjacent to an activating group) is 1. The SMILES string of the molecule is C[N+]1(C)CC(C=Nc2ccccc2)=C(Cl)/C(=C/Nc2ccccc2)C1. The number of nitrogens with one attached hydrogen (secondary N) is 1. The molecule has 0 fully saturated rings. The van der Waals surface area contributed by atoms with Gasteiger partial charge in [-0.1, -0.05) is 48.0 Å². The standard InChI is InChI=1S/C21H23ClN3/c1-25(2)15-17(13-23-19-9-5-3-6-10-19)21(22)18(16-25)14-24-20-11-7-4-8-12-20/h3-14,23H,15-16H2,1-2H3/q+1/b17-13+,24-14?. The number of hydrogen-bond donors (Lipinski definition) is 1. The summed E-state index contributed by atoms with van der Waals surface area (Å²) in [6.45, 7) is 1.74. The van der Waals surface area contributed by atoms with Crippen LogP contribution in [-0.2, 0) is 0 Å². The quantitative estimate of drug-likeness (QED) is 0.610. The molecule has 0 radical (unpaired) electrons. The molecule has 4 heteroatoms. The molecule has 25 heavy (non-hydrogen) atoms. The molecule has 128 valence electrons. The number of aliphatic imine (C=N–C) groups is 1. The van der Waals surface area contributed by atoms with Crippen LogP contribution < -0.4 is 5.32 Å². The highest BCUT2D eigenvalue weighted by Crippen LogP contribution is 2.28. The summed E-state index contributed by atoms with van der Waals surface area (Å²) < 4.78 is 0.842. The second-order valence-corrected chi connectivity index (χ2v) is 7.24. The lowest BCUT2D eigenvalue weighted by molar-refractivity contribution is -0.881. The van der Waals surface area contributed by atoms with Gasteiger partial charge in [-0.2, -0.15) is 0 Å². The van der Waals surface area contributed by atoms with E-state index >= 15 is 0 Å². The van der Waals surface area contributed by atoms with Crippen LogP contribution in [0.2, 0.25) is 0 Å². The number of halogens is 1. The van der Waals surface area contributed by atoms with E-state index in [1.165, 1.54) is 0 Å². The number of rotatable bonds is 4. The third-order valence-electron chi connectivity index (χ3n) is 4.07. The topological polar surface area (TPSA) is 24.4 Å². The molecule has 1 heterocycles. The minimum absolute atomic E-state index is 0.792. The van der Waals surface area contributed by atoms with Gasteiger partial charge in [-0.25, -0.2) is 0 Å². The highest BCUT2D eigenvalue weighted by molar-refractivity contribution is 6.33. The maximum atomic E-state index is 6.68. The third-order valence-corrected chi connectivity index (χ3v) is 4.56. The molecule has 3 rings (SSSR count). The second-order valence-electron chi connectivity index (χ2n) is 6.86. The van der Waals surface area contributed by atoms with Crippen LogP contribution >= 0.6 is 11.6 Å². The molecular formula is C21H23ClN3+. The predicted molar refractivity (Wildman–Crippen MR) is 107 cm³/mol. The molecule has 2 aromatic carbocycles. The summed E-state index contributed by atoms with van der Waals surface area (Å²) >= 11 is 6.68. The molecule has 1 aliphatic rings. The van der Waals surface area contributed by atoms with Crippen molar-refractivity contribution >= 4 is 29.2 Å². The van der Waals surface area contributed by atoms with Crippen LogP contribution in [0.3, 0.4) is 0 Å². The van der Waals surface area contributed by atoms with Gasteiger partial charge in [0.15, 0.2) is 0 Å². The highest BCUT2D eigenvalue weighted by atomic mass is 35.5. The van der Waals surface area contributed by atoms with Crippen molar-refractivity contribution in [3.63, 3.8) is 0 Å². The van der Waals surface area contributed by atoms with Gasteiger partial charge < -0.3 is 9.80 Å². The van der Waals surface area contributed by atoms with E-state index in [2.05, 4.69) is 24.4 Å². The molecule has 0 saturated carbocycles. The molecule has 0 atom stereocenters. The van der Waals surface area contributed by atoms with E-state index < -0.39 is 0 Å². The lowest BCUT2D eigenvalue weighted by Crippen LogP contribution is -2.46. The van der Waals surface area contributed by atoms with E-state index in [-0.39, 0.29) is 0 Å². The molecule has 1 aliphatic heterocycles. The smallest absolute Gasteiger partial charge is 0.107 e. The molecule has 3 nitrogen and oxygen atoms in total. The molecule has 0 saturated heterocycles. The van der Waals surface area contributed by atoms with E-state index in [9.17, 15) is 0 Å². The number of hydrogen-bond acceptors (Lipinski definition) is 2. The van der Waals surface area contributed by atoms with E-state index in [1.54, 1.807) is 0 Å². The Balaban J connectivity index is 1.86. The molecule has 0 unspecified atom stereocenters. The maximum Gasteiger partial charge on any atom is 0.107 e. The van der Waals surface area contributed by atoms with Crippen molar-refractivity contribution in [3.8, 4) is 0 Å². The molecule has 0 amide bonds. The van der Waals surface area contributed by atoms with Crippen molar-refractivity contribution in [1.82, 2.24) is 0 Å². The fourth-order valence-corrected chi connectivity index (χ4v) is 3.12. The maximum absolute atomic E-state index is 6.68. The van der Waals surface area contributed by atoms with Gasteiger partial charge in [0.2, 0.25) is 0 Å². The van der Waals surface area contributed by atoms with Crippen molar-refractivity contribution in [2.24, 2.45) is 4.99 Å². The van der Waals surface area contributed by atoms with Crippen LogP contribution in [0.4, 0.5) is 11.4 Å². The van der Waals surface area contributed by atoms with E-state index in [4.69, 9.17) is 11.6 Å². The Labute approximate surface area is 154 Å². The van der Waals surface area contributed by atoms with Crippen LogP contribution in [0.5, 0.6) is 0 Å². The molecule has 2 aromatic rings.